The van der Waals surface area contributed by atoms with Gasteiger partial charge in [-0.1, -0.05) is 42.1 Å². The summed E-state index contributed by atoms with van der Waals surface area (Å²) in [5.41, 5.74) is 10.3. The van der Waals surface area contributed by atoms with E-state index in [1.54, 1.807) is 24.3 Å². The molecule has 4 aromatic rings. The van der Waals surface area contributed by atoms with Gasteiger partial charge in [0.1, 0.15) is 35.0 Å². The number of aromatic nitrogens is 2. The van der Waals surface area contributed by atoms with E-state index in [0.717, 1.165) is 16.8 Å². The predicted molar refractivity (Wildman–Crippen MR) is 139 cm³/mol. The van der Waals surface area contributed by atoms with Crippen LogP contribution in [0.5, 0.6) is 5.75 Å². The van der Waals surface area contributed by atoms with Gasteiger partial charge in [0.25, 0.3) is 0 Å². The number of nitrogens with zero attached hydrogens (tertiary/aromatic N) is 4. The van der Waals surface area contributed by atoms with Gasteiger partial charge in [-0.15, -0.1) is 0 Å². The minimum absolute atomic E-state index is 0.0552. The Morgan fingerprint density at radius 3 is 2.58 bits per heavy atom. The largest absolute Gasteiger partial charge is 0.491 e. The van der Waals surface area contributed by atoms with E-state index in [0.29, 0.717) is 39.3 Å². The Hall–Kier alpha value is -4.31. The van der Waals surface area contributed by atoms with Crippen molar-refractivity contribution in [3.63, 3.8) is 0 Å². The van der Waals surface area contributed by atoms with Crippen molar-refractivity contribution in [2.75, 3.05) is 18.9 Å². The molecule has 0 saturated carbocycles. The van der Waals surface area contributed by atoms with Gasteiger partial charge in [0, 0.05) is 16.9 Å². The number of nitrogens with two attached hydrogens (primary N) is 1. The number of hydrogen-bond acceptors (Lipinski definition) is 8. The highest BCUT2D eigenvalue weighted by molar-refractivity contribution is 7.98. The van der Waals surface area contributed by atoms with Crippen LogP contribution in [0.4, 0.5) is 11.5 Å². The molecule has 3 N–H and O–H groups in total. The molecule has 2 aromatic carbocycles. The van der Waals surface area contributed by atoms with Crippen molar-refractivity contribution in [1.29, 1.82) is 5.26 Å². The fourth-order valence-corrected chi connectivity index (χ4v) is 4.68. The molecule has 180 valence electrons. The molecule has 0 aliphatic rings. The van der Waals surface area contributed by atoms with Crippen LogP contribution in [-0.4, -0.2) is 28.3 Å². The quantitative estimate of drug-likeness (QED) is 0.235. The predicted octanol–water partition coefficient (Wildman–Crippen LogP) is 5.69. The molecule has 0 fully saturated rings. The fraction of sp³-hybridized carbons (Fsp3) is 0.185. The highest BCUT2D eigenvalue weighted by Gasteiger charge is 2.22. The number of anilines is 1. The Balaban J connectivity index is 1.67. The molecule has 8 nitrogen and oxygen atoms in total. The molecule has 0 saturated heterocycles. The molecule has 4 rings (SSSR count). The van der Waals surface area contributed by atoms with Crippen molar-refractivity contribution >= 4 is 23.3 Å². The van der Waals surface area contributed by atoms with Crippen molar-refractivity contribution in [3.05, 3.63) is 82.5 Å². The van der Waals surface area contributed by atoms with Crippen LogP contribution in [0.3, 0.4) is 0 Å². The first-order chi connectivity index (χ1) is 17.5. The molecule has 2 aromatic heterocycles. The van der Waals surface area contributed by atoms with Crippen LogP contribution in [0.1, 0.15) is 22.6 Å². The van der Waals surface area contributed by atoms with Gasteiger partial charge in [-0.3, -0.25) is 0 Å². The first-order valence-corrected chi connectivity index (χ1v) is 12.1. The zero-order chi connectivity index (χ0) is 25.7. The van der Waals surface area contributed by atoms with Crippen molar-refractivity contribution < 1.29 is 14.3 Å². The maximum Gasteiger partial charge on any atom is 0.236 e. The Kier molecular flexibility index (Phi) is 7.55. The summed E-state index contributed by atoms with van der Waals surface area (Å²) in [7, 11) is 0. The van der Waals surface area contributed by atoms with Gasteiger partial charge in [0.15, 0.2) is 0 Å². The third kappa shape index (κ3) is 5.03. The Morgan fingerprint density at radius 2 is 1.92 bits per heavy atom. The lowest BCUT2D eigenvalue weighted by Gasteiger charge is -2.13. The van der Waals surface area contributed by atoms with E-state index in [9.17, 15) is 5.26 Å². The average molecular weight is 498 g/mol. The average Bonchev–Trinajstić information content (AvgIpc) is 3.26. The molecular formula is C27H23N5O3S. The molecule has 0 aliphatic heterocycles. The number of aliphatic hydroxyl groups is 1. The van der Waals surface area contributed by atoms with E-state index < -0.39 is 0 Å². The summed E-state index contributed by atoms with van der Waals surface area (Å²) in [4.78, 5) is 12.6. The summed E-state index contributed by atoms with van der Waals surface area (Å²) in [6.07, 6.45) is 0. The minimum atomic E-state index is -0.0961. The normalized spacial score (nSPS) is 10.6. The molecule has 0 amide bonds. The summed E-state index contributed by atoms with van der Waals surface area (Å²) < 4.78 is 11.3. The van der Waals surface area contributed by atoms with E-state index in [1.807, 2.05) is 38.1 Å². The number of aryl methyl sites for hydroxylation is 2. The van der Waals surface area contributed by atoms with Gasteiger partial charge in [0.2, 0.25) is 11.6 Å². The Bertz CT molecular complexity index is 1480. The molecule has 0 unspecified atom stereocenters. The molecule has 0 spiro atoms. The van der Waals surface area contributed by atoms with Gasteiger partial charge < -0.3 is 20.0 Å². The summed E-state index contributed by atoms with van der Waals surface area (Å²) in [5.74, 6) is 2.26. The number of ether oxygens (including phenoxy) is 1. The van der Waals surface area contributed by atoms with Gasteiger partial charge in [0.05, 0.1) is 24.4 Å². The lowest BCUT2D eigenvalue weighted by atomic mass is 10.00. The molecule has 0 atom stereocenters. The molecule has 0 aliphatic carbocycles. The molecule has 0 radical (unpaired) electrons. The molecule has 9 heteroatoms. The molecular weight excluding hydrogens is 474 g/mol. The van der Waals surface area contributed by atoms with Gasteiger partial charge >= 0.3 is 0 Å². The maximum atomic E-state index is 10.0. The van der Waals surface area contributed by atoms with E-state index in [2.05, 4.69) is 20.9 Å². The molecule has 0 bridgehead atoms. The van der Waals surface area contributed by atoms with E-state index in [-0.39, 0.29) is 30.3 Å². The van der Waals surface area contributed by atoms with Crippen LogP contribution in [0.2, 0.25) is 0 Å². The first-order valence-electron chi connectivity index (χ1n) is 11.1. The van der Waals surface area contributed by atoms with Crippen molar-refractivity contribution in [1.82, 2.24) is 9.97 Å². The SMILES string of the molecule is [C-]#[N+]c1c(N)nc(SCc2nc(-c3ccccc3C)oc2C)c(C#N)c1-c1ccc(OCCO)cc1. The second-order valence-corrected chi connectivity index (χ2v) is 8.81. The third-order valence-electron chi connectivity index (χ3n) is 5.51. The summed E-state index contributed by atoms with van der Waals surface area (Å²) in [6.45, 7) is 11.6. The number of benzene rings is 2. The van der Waals surface area contributed by atoms with Crippen molar-refractivity contribution in [2.24, 2.45) is 0 Å². The van der Waals surface area contributed by atoms with Crippen LogP contribution in [-0.2, 0) is 5.75 Å². The summed E-state index contributed by atoms with van der Waals surface area (Å²) in [5, 5.41) is 19.4. The van der Waals surface area contributed by atoms with E-state index in [1.165, 1.54) is 11.8 Å². The lowest BCUT2D eigenvalue weighted by Crippen LogP contribution is -2.02. The number of pyridine rings is 1. The number of hydrogen-bond donors (Lipinski definition) is 2. The zero-order valence-electron chi connectivity index (χ0n) is 19.8. The van der Waals surface area contributed by atoms with Gasteiger partial charge in [-0.25, -0.2) is 14.8 Å². The second kappa shape index (κ2) is 11.0. The second-order valence-electron chi connectivity index (χ2n) is 7.85. The van der Waals surface area contributed by atoms with Crippen molar-refractivity contribution in [2.45, 2.75) is 24.6 Å². The summed E-state index contributed by atoms with van der Waals surface area (Å²) in [6, 6.07) is 17.0. The van der Waals surface area contributed by atoms with Crippen LogP contribution in [0, 0.1) is 31.8 Å². The maximum absolute atomic E-state index is 10.0. The third-order valence-corrected chi connectivity index (χ3v) is 6.49. The number of nitriles is 1. The van der Waals surface area contributed by atoms with Crippen LogP contribution >= 0.6 is 11.8 Å². The van der Waals surface area contributed by atoms with E-state index in [4.69, 9.17) is 26.6 Å². The lowest BCUT2D eigenvalue weighted by molar-refractivity contribution is 0.201. The number of nitrogen functional groups attached to an aromatic ring is 1. The van der Waals surface area contributed by atoms with E-state index >= 15 is 0 Å². The van der Waals surface area contributed by atoms with Crippen LogP contribution < -0.4 is 10.5 Å². The number of oxazole rings is 1. The first kappa shape index (κ1) is 24.8. The smallest absolute Gasteiger partial charge is 0.236 e. The minimum Gasteiger partial charge on any atom is -0.491 e. The highest BCUT2D eigenvalue weighted by atomic mass is 32.2. The topological polar surface area (TPSA) is 123 Å². The molecule has 2 heterocycles. The molecule has 36 heavy (non-hydrogen) atoms. The standard InChI is InChI=1S/C27H23N5O3S/c1-16-6-4-5-7-20(16)26-31-22(17(2)35-26)15-36-27-21(14-28)23(24(30-3)25(29)32-27)18-8-10-19(11-9-18)34-13-12-33/h4-11,33H,12-13,15H2,1-2H3,(H2,29,32). The Labute approximate surface area is 213 Å². The Morgan fingerprint density at radius 1 is 1.17 bits per heavy atom. The van der Waals surface area contributed by atoms with Crippen LogP contribution in [0.25, 0.3) is 27.4 Å². The number of rotatable bonds is 8. The monoisotopic (exact) mass is 497 g/mol. The zero-order valence-corrected chi connectivity index (χ0v) is 20.6. The number of aliphatic hydroxyl groups excluding tert-OH is 1. The van der Waals surface area contributed by atoms with Gasteiger partial charge in [-0.2, -0.15) is 5.26 Å². The highest BCUT2D eigenvalue weighted by Crippen LogP contribution is 2.42. The number of thioether (sulfide) groups is 1. The van der Waals surface area contributed by atoms with Gasteiger partial charge in [-0.05, 0) is 43.2 Å². The van der Waals surface area contributed by atoms with Crippen molar-refractivity contribution in [3.8, 4) is 34.4 Å². The fourth-order valence-electron chi connectivity index (χ4n) is 3.68. The van der Waals surface area contributed by atoms with Crippen LogP contribution in [0.15, 0.2) is 58.0 Å². The summed E-state index contributed by atoms with van der Waals surface area (Å²) >= 11 is 1.32.